The summed E-state index contributed by atoms with van der Waals surface area (Å²) in [6.45, 7) is 1.69. The summed E-state index contributed by atoms with van der Waals surface area (Å²) < 4.78 is 70.8. The van der Waals surface area contributed by atoms with Crippen molar-refractivity contribution in [3.8, 4) is 23.3 Å². The molecule has 2 aromatic carbocycles. The maximum absolute atomic E-state index is 15.0. The van der Waals surface area contributed by atoms with Crippen molar-refractivity contribution in [2.45, 2.75) is 25.8 Å². The van der Waals surface area contributed by atoms with Gasteiger partial charge in [-0.15, -0.1) is 13.2 Å². The maximum atomic E-state index is 15.0. The van der Waals surface area contributed by atoms with Gasteiger partial charge in [-0.2, -0.15) is 5.26 Å². The van der Waals surface area contributed by atoms with E-state index in [4.69, 9.17) is 32.7 Å². The van der Waals surface area contributed by atoms with Crippen LogP contribution in [-0.2, 0) is 6.61 Å². The fourth-order valence-corrected chi connectivity index (χ4v) is 4.93. The van der Waals surface area contributed by atoms with Crippen LogP contribution in [0.1, 0.15) is 24.1 Å². The number of hydrogen-bond donors (Lipinski definition) is 2. The molecule has 0 saturated carbocycles. The van der Waals surface area contributed by atoms with Gasteiger partial charge in [-0.1, -0.05) is 29.3 Å². The number of anilines is 2. The summed E-state index contributed by atoms with van der Waals surface area (Å²) >= 11 is 12.3. The van der Waals surface area contributed by atoms with Gasteiger partial charge in [0.15, 0.2) is 23.1 Å². The van der Waals surface area contributed by atoms with Crippen LogP contribution in [0.3, 0.4) is 0 Å². The smallest absolute Gasteiger partial charge is 0.489 e. The minimum atomic E-state index is -5.02. The molecule has 2 N–H and O–H groups in total. The first-order valence-electron chi connectivity index (χ1n) is 13.1. The lowest BCUT2D eigenvalue weighted by atomic mass is 9.99. The Labute approximate surface area is 253 Å². The number of nitriles is 1. The zero-order chi connectivity index (χ0) is 30.6. The number of alkyl halides is 3. The molecule has 0 spiro atoms. The van der Waals surface area contributed by atoms with E-state index in [-0.39, 0.29) is 68.6 Å². The average Bonchev–Trinajstić information content (AvgIpc) is 2.97. The van der Waals surface area contributed by atoms with Gasteiger partial charge in [0.1, 0.15) is 17.8 Å². The van der Waals surface area contributed by atoms with E-state index in [0.717, 1.165) is 38.1 Å². The molecule has 2 aromatic heterocycles. The van der Waals surface area contributed by atoms with Crippen molar-refractivity contribution >= 4 is 45.5 Å². The Balaban J connectivity index is 1.46. The normalized spacial score (nSPS) is 13.9. The van der Waals surface area contributed by atoms with E-state index in [0.29, 0.717) is 5.69 Å². The van der Waals surface area contributed by atoms with Crippen LogP contribution in [0.15, 0.2) is 48.7 Å². The molecule has 0 aliphatic carbocycles. The van der Waals surface area contributed by atoms with E-state index in [9.17, 15) is 18.4 Å². The van der Waals surface area contributed by atoms with Gasteiger partial charge in [0.05, 0.1) is 39.8 Å². The minimum absolute atomic E-state index is 0.0120. The predicted octanol–water partition coefficient (Wildman–Crippen LogP) is 7.55. The topological polar surface area (TPSA) is 101 Å². The van der Waals surface area contributed by atoms with Crippen molar-refractivity contribution in [2.24, 2.45) is 5.92 Å². The van der Waals surface area contributed by atoms with Crippen LogP contribution in [0.25, 0.3) is 10.9 Å². The Hall–Kier alpha value is -4.05. The van der Waals surface area contributed by atoms with Gasteiger partial charge in [0.2, 0.25) is 0 Å². The number of pyridine rings is 2. The third-order valence-corrected chi connectivity index (χ3v) is 7.17. The summed E-state index contributed by atoms with van der Waals surface area (Å²) in [5.74, 6) is -1.56. The molecule has 0 atom stereocenters. The predicted molar refractivity (Wildman–Crippen MR) is 153 cm³/mol. The highest BCUT2D eigenvalue weighted by atomic mass is 35.5. The van der Waals surface area contributed by atoms with Crippen LogP contribution in [0.5, 0.6) is 17.2 Å². The van der Waals surface area contributed by atoms with E-state index < -0.39 is 17.9 Å². The summed E-state index contributed by atoms with van der Waals surface area (Å²) in [6.07, 6.45) is -2.14. The zero-order valence-electron chi connectivity index (χ0n) is 22.3. The van der Waals surface area contributed by atoms with E-state index >= 15 is 4.39 Å². The molecule has 4 aromatic rings. The maximum Gasteiger partial charge on any atom is 0.573 e. The quantitative estimate of drug-likeness (QED) is 0.144. The second-order valence-corrected chi connectivity index (χ2v) is 10.4. The lowest BCUT2D eigenvalue weighted by Gasteiger charge is -2.23. The Morgan fingerprint density at radius 1 is 1.05 bits per heavy atom. The lowest BCUT2D eigenvalue weighted by molar-refractivity contribution is -0.275. The highest BCUT2D eigenvalue weighted by Crippen LogP contribution is 2.41. The first-order chi connectivity index (χ1) is 20.6. The third-order valence-electron chi connectivity index (χ3n) is 6.64. The molecule has 3 heterocycles. The molecule has 1 aliphatic heterocycles. The summed E-state index contributed by atoms with van der Waals surface area (Å²) in [5, 5.41) is 16.2. The number of piperidine rings is 1. The van der Waals surface area contributed by atoms with Gasteiger partial charge in [0, 0.05) is 29.8 Å². The summed E-state index contributed by atoms with van der Waals surface area (Å²) in [7, 11) is 0. The van der Waals surface area contributed by atoms with Gasteiger partial charge < -0.3 is 24.8 Å². The molecule has 224 valence electrons. The molecule has 14 heteroatoms. The van der Waals surface area contributed by atoms with Crippen molar-refractivity contribution in [2.75, 3.05) is 25.0 Å². The first-order valence-corrected chi connectivity index (χ1v) is 13.8. The van der Waals surface area contributed by atoms with Crippen LogP contribution >= 0.6 is 23.2 Å². The molecule has 0 amide bonds. The van der Waals surface area contributed by atoms with Crippen LogP contribution in [0.4, 0.5) is 28.9 Å². The number of halogens is 6. The zero-order valence-corrected chi connectivity index (χ0v) is 23.8. The first kappa shape index (κ1) is 30.4. The summed E-state index contributed by atoms with van der Waals surface area (Å²) in [5.41, 5.74) is 0.714. The van der Waals surface area contributed by atoms with Gasteiger partial charge in [0.25, 0.3) is 0 Å². The lowest BCUT2D eigenvalue weighted by Crippen LogP contribution is -2.30. The van der Waals surface area contributed by atoms with Gasteiger partial charge in [-0.3, -0.25) is 4.98 Å². The van der Waals surface area contributed by atoms with Crippen molar-refractivity contribution < 1.29 is 31.8 Å². The molecule has 1 aliphatic rings. The second-order valence-electron chi connectivity index (χ2n) is 9.65. The Bertz CT molecular complexity index is 1680. The molecule has 5 rings (SSSR count). The standard InChI is InChI=1S/C29H23Cl2F4N5O3/c30-20-9-24(42-15-18-2-1-3-27(31)39-18)21(32)10-23(20)40-28-17(12-36)13-38-22-11-25(41-14-16-4-6-37-7-5-16)26(8-19(22)28)43-29(33,34)35/h1-3,8-11,13,16,37H,4-7,14-15H2,(H,38,40). The number of aromatic nitrogens is 2. The van der Waals surface area contributed by atoms with Crippen molar-refractivity contribution in [3.63, 3.8) is 0 Å². The van der Waals surface area contributed by atoms with Crippen LogP contribution in [0, 0.1) is 23.1 Å². The molecule has 0 bridgehead atoms. The van der Waals surface area contributed by atoms with E-state index in [2.05, 4.69) is 25.3 Å². The van der Waals surface area contributed by atoms with E-state index in [1.165, 1.54) is 18.3 Å². The summed E-state index contributed by atoms with van der Waals surface area (Å²) in [4.78, 5) is 8.31. The molecule has 1 saturated heterocycles. The number of nitrogens with zero attached hydrogens (tertiary/aromatic N) is 3. The van der Waals surface area contributed by atoms with Crippen LogP contribution in [-0.4, -0.2) is 36.0 Å². The Morgan fingerprint density at radius 2 is 1.84 bits per heavy atom. The number of benzene rings is 2. The number of rotatable bonds is 9. The molecule has 8 nitrogen and oxygen atoms in total. The van der Waals surface area contributed by atoms with E-state index in [1.54, 1.807) is 18.2 Å². The molecular weight excluding hydrogens is 613 g/mol. The van der Waals surface area contributed by atoms with Gasteiger partial charge in [-0.05, 0) is 50.0 Å². The third kappa shape index (κ3) is 7.67. The Morgan fingerprint density at radius 3 is 2.56 bits per heavy atom. The number of nitrogens with one attached hydrogen (secondary N) is 2. The van der Waals surface area contributed by atoms with Gasteiger partial charge in [-0.25, -0.2) is 9.37 Å². The van der Waals surface area contributed by atoms with Crippen molar-refractivity contribution in [3.05, 3.63) is 75.9 Å². The SMILES string of the molecule is N#Cc1cnc2cc(OCC3CCNCC3)c(OC(F)(F)F)cc2c1Nc1cc(F)c(OCc2cccc(Cl)n2)cc1Cl. The molecular formula is C29H23Cl2F4N5O3. The fraction of sp³-hybridized carbons (Fsp3) is 0.276. The largest absolute Gasteiger partial charge is 0.573 e. The second kappa shape index (κ2) is 13.1. The number of ether oxygens (including phenoxy) is 3. The molecule has 0 radical (unpaired) electrons. The fourth-order valence-electron chi connectivity index (χ4n) is 4.54. The highest BCUT2D eigenvalue weighted by molar-refractivity contribution is 6.33. The summed E-state index contributed by atoms with van der Waals surface area (Å²) in [6, 6.07) is 11.5. The van der Waals surface area contributed by atoms with E-state index in [1.807, 2.05) is 6.07 Å². The van der Waals surface area contributed by atoms with Crippen molar-refractivity contribution in [1.82, 2.24) is 15.3 Å². The molecule has 0 unspecified atom stereocenters. The van der Waals surface area contributed by atoms with Crippen molar-refractivity contribution in [1.29, 1.82) is 5.26 Å². The highest BCUT2D eigenvalue weighted by Gasteiger charge is 2.33. The van der Waals surface area contributed by atoms with Crippen LogP contribution < -0.4 is 24.8 Å². The Kier molecular flexibility index (Phi) is 9.25. The van der Waals surface area contributed by atoms with Gasteiger partial charge >= 0.3 is 6.36 Å². The van der Waals surface area contributed by atoms with Crippen LogP contribution in [0.2, 0.25) is 10.2 Å². The average molecular weight is 636 g/mol. The minimum Gasteiger partial charge on any atom is -0.489 e. The molecule has 43 heavy (non-hydrogen) atoms. The number of hydrogen-bond acceptors (Lipinski definition) is 8. The monoisotopic (exact) mass is 635 g/mol. The number of fused-ring (bicyclic) bond motifs is 1. The molecule has 1 fully saturated rings.